The van der Waals surface area contributed by atoms with Crippen LogP contribution in [0, 0.1) is 0 Å². The maximum Gasteiger partial charge on any atom is 0.250 e. The summed E-state index contributed by atoms with van der Waals surface area (Å²) < 4.78 is 0. The molecule has 0 aliphatic carbocycles. The van der Waals surface area contributed by atoms with E-state index in [0.29, 0.717) is 5.13 Å². The summed E-state index contributed by atoms with van der Waals surface area (Å²) >= 11 is 3.08. The molecule has 5 nitrogen and oxygen atoms in total. The number of carbonyl (C=O) groups excluding carboxylic acids is 2. The number of amides is 2. The minimum absolute atomic E-state index is 0.120. The van der Waals surface area contributed by atoms with Gasteiger partial charge >= 0.3 is 0 Å². The summed E-state index contributed by atoms with van der Waals surface area (Å²) in [6.07, 6.45) is 5.21. The summed E-state index contributed by atoms with van der Waals surface area (Å²) in [5.74, 6) is -0.366. The average Bonchev–Trinajstić information content (AvgIpc) is 3.15. The van der Waals surface area contributed by atoms with E-state index in [1.165, 1.54) is 29.2 Å². The Morgan fingerprint density at radius 3 is 2.39 bits per heavy atom. The molecule has 1 aromatic heterocycles. The second-order valence-corrected chi connectivity index (χ2v) is 7.63. The number of aromatic nitrogens is 1. The largest absolute Gasteiger partial charge is 0.326 e. The number of nitrogens with one attached hydrogen (secondary N) is 2. The molecule has 3 rings (SSSR count). The number of nitrogens with zero attached hydrogens (tertiary/aromatic N) is 1. The van der Waals surface area contributed by atoms with Gasteiger partial charge in [-0.1, -0.05) is 24.3 Å². The molecule has 0 aliphatic rings. The zero-order chi connectivity index (χ0) is 19.9. The number of rotatable bonds is 6. The maximum atomic E-state index is 12.1. The molecule has 0 aliphatic heterocycles. The average molecular weight is 410 g/mol. The van der Waals surface area contributed by atoms with E-state index in [0.717, 1.165) is 22.5 Å². The number of thiazole rings is 1. The molecule has 0 atom stereocenters. The lowest BCUT2D eigenvalue weighted by atomic mass is 10.2. The quantitative estimate of drug-likeness (QED) is 0.437. The molecule has 0 saturated heterocycles. The van der Waals surface area contributed by atoms with E-state index in [1.54, 1.807) is 30.0 Å². The molecular weight excluding hydrogens is 390 g/mol. The van der Waals surface area contributed by atoms with Crippen LogP contribution in [0.2, 0.25) is 0 Å². The van der Waals surface area contributed by atoms with Crippen LogP contribution in [0.5, 0.6) is 0 Å². The highest BCUT2D eigenvalue weighted by Gasteiger charge is 2.06. The van der Waals surface area contributed by atoms with Gasteiger partial charge in [-0.25, -0.2) is 4.98 Å². The Balaban J connectivity index is 1.59. The van der Waals surface area contributed by atoms with Crippen molar-refractivity contribution >= 4 is 51.8 Å². The minimum Gasteiger partial charge on any atom is -0.326 e. The zero-order valence-electron chi connectivity index (χ0n) is 15.4. The van der Waals surface area contributed by atoms with E-state index >= 15 is 0 Å². The van der Waals surface area contributed by atoms with Crippen LogP contribution in [0.25, 0.3) is 17.3 Å². The highest BCUT2D eigenvalue weighted by Crippen LogP contribution is 2.26. The van der Waals surface area contributed by atoms with Gasteiger partial charge < -0.3 is 5.32 Å². The van der Waals surface area contributed by atoms with Crippen LogP contribution < -0.4 is 10.6 Å². The normalized spacial score (nSPS) is 10.8. The van der Waals surface area contributed by atoms with Gasteiger partial charge in [0.05, 0.1) is 5.69 Å². The van der Waals surface area contributed by atoms with E-state index in [2.05, 4.69) is 27.8 Å². The lowest BCUT2D eigenvalue weighted by molar-refractivity contribution is -0.114. The van der Waals surface area contributed by atoms with Crippen molar-refractivity contribution in [1.82, 2.24) is 4.98 Å². The first-order valence-electron chi connectivity index (χ1n) is 8.50. The Bertz CT molecular complexity index is 993. The van der Waals surface area contributed by atoms with E-state index < -0.39 is 0 Å². The number of hydrogen-bond acceptors (Lipinski definition) is 5. The van der Waals surface area contributed by atoms with Crippen LogP contribution in [0.4, 0.5) is 10.8 Å². The van der Waals surface area contributed by atoms with Gasteiger partial charge in [-0.3, -0.25) is 14.9 Å². The van der Waals surface area contributed by atoms with Crippen molar-refractivity contribution in [2.75, 3.05) is 16.9 Å². The first-order valence-corrected chi connectivity index (χ1v) is 10.6. The molecule has 0 saturated carbocycles. The van der Waals surface area contributed by atoms with Crippen molar-refractivity contribution in [2.24, 2.45) is 0 Å². The maximum absolute atomic E-state index is 12.1. The van der Waals surface area contributed by atoms with Crippen molar-refractivity contribution in [3.8, 4) is 11.3 Å². The smallest absolute Gasteiger partial charge is 0.250 e. The number of carbonyl (C=O) groups is 2. The fraction of sp³-hybridized carbons (Fsp3) is 0.0952. The van der Waals surface area contributed by atoms with Crippen molar-refractivity contribution in [1.29, 1.82) is 0 Å². The fourth-order valence-electron chi connectivity index (χ4n) is 2.43. The van der Waals surface area contributed by atoms with E-state index in [9.17, 15) is 9.59 Å². The number of hydrogen-bond donors (Lipinski definition) is 2. The SMILES string of the molecule is CSc1ccc(-c2csc(NC(=O)/C=C/c3ccc(NC(C)=O)cc3)n2)cc1. The summed E-state index contributed by atoms with van der Waals surface area (Å²) in [4.78, 5) is 28.8. The highest BCUT2D eigenvalue weighted by molar-refractivity contribution is 7.98. The fourth-order valence-corrected chi connectivity index (χ4v) is 3.56. The van der Waals surface area contributed by atoms with Crippen LogP contribution in [-0.4, -0.2) is 23.1 Å². The number of benzene rings is 2. The third-order valence-corrected chi connectivity index (χ3v) is 5.28. The monoisotopic (exact) mass is 409 g/mol. The van der Waals surface area contributed by atoms with Gasteiger partial charge in [-0.2, -0.15) is 0 Å². The molecule has 142 valence electrons. The summed E-state index contributed by atoms with van der Waals surface area (Å²) in [7, 11) is 0. The molecule has 0 bridgehead atoms. The van der Waals surface area contributed by atoms with Gasteiger partial charge in [-0.15, -0.1) is 23.1 Å². The summed E-state index contributed by atoms with van der Waals surface area (Å²) in [6.45, 7) is 1.46. The zero-order valence-corrected chi connectivity index (χ0v) is 17.1. The van der Waals surface area contributed by atoms with Gasteiger partial charge in [0.2, 0.25) is 11.8 Å². The predicted octanol–water partition coefficient (Wildman–Crippen LogP) is 5.14. The molecule has 2 aromatic carbocycles. The van der Waals surface area contributed by atoms with E-state index in [4.69, 9.17) is 0 Å². The summed E-state index contributed by atoms with van der Waals surface area (Å²) in [5, 5.41) is 7.96. The Hall–Kier alpha value is -2.90. The van der Waals surface area contributed by atoms with Crippen molar-refractivity contribution in [3.63, 3.8) is 0 Å². The molecule has 0 radical (unpaired) electrons. The summed E-state index contributed by atoms with van der Waals surface area (Å²) in [6, 6.07) is 15.4. The lowest BCUT2D eigenvalue weighted by Gasteiger charge is -2.01. The van der Waals surface area contributed by atoms with E-state index in [-0.39, 0.29) is 11.8 Å². The van der Waals surface area contributed by atoms with Crippen LogP contribution in [0.1, 0.15) is 12.5 Å². The second kappa shape index (κ2) is 9.34. The van der Waals surface area contributed by atoms with Crippen LogP contribution in [0.15, 0.2) is 64.9 Å². The molecule has 0 unspecified atom stereocenters. The van der Waals surface area contributed by atoms with E-state index in [1.807, 2.05) is 35.9 Å². The first-order chi connectivity index (χ1) is 13.5. The standard InChI is InChI=1S/C21H19N3O2S2/c1-14(25)22-17-8-3-15(4-9-17)5-12-20(26)24-21-23-19(13-28-21)16-6-10-18(27-2)11-7-16/h3-13H,1-2H3,(H,22,25)(H,23,24,26)/b12-5+. The topological polar surface area (TPSA) is 71.1 Å². The Kier molecular flexibility index (Phi) is 6.62. The molecule has 28 heavy (non-hydrogen) atoms. The van der Waals surface area contributed by atoms with Gasteiger partial charge in [0.1, 0.15) is 0 Å². The van der Waals surface area contributed by atoms with Crippen molar-refractivity contribution in [3.05, 3.63) is 65.6 Å². The molecule has 7 heteroatoms. The number of anilines is 2. The van der Waals surface area contributed by atoms with Crippen LogP contribution >= 0.6 is 23.1 Å². The van der Waals surface area contributed by atoms with Gasteiger partial charge in [-0.05, 0) is 42.2 Å². The van der Waals surface area contributed by atoms with Gasteiger partial charge in [0, 0.05) is 34.5 Å². The Labute approximate surface area is 171 Å². The van der Waals surface area contributed by atoms with Crippen LogP contribution in [-0.2, 0) is 9.59 Å². The van der Waals surface area contributed by atoms with Gasteiger partial charge in [0.25, 0.3) is 0 Å². The highest BCUT2D eigenvalue weighted by atomic mass is 32.2. The first kappa shape index (κ1) is 19.9. The molecule has 3 aromatic rings. The Morgan fingerprint density at radius 1 is 1.04 bits per heavy atom. The molecule has 2 N–H and O–H groups in total. The molecule has 0 fully saturated rings. The molecular formula is C21H19N3O2S2. The summed E-state index contributed by atoms with van der Waals surface area (Å²) in [5.41, 5.74) is 3.43. The lowest BCUT2D eigenvalue weighted by Crippen LogP contribution is -2.07. The second-order valence-electron chi connectivity index (χ2n) is 5.89. The third-order valence-electron chi connectivity index (χ3n) is 3.78. The third kappa shape index (κ3) is 5.55. The van der Waals surface area contributed by atoms with Gasteiger partial charge in [0.15, 0.2) is 5.13 Å². The van der Waals surface area contributed by atoms with Crippen molar-refractivity contribution < 1.29 is 9.59 Å². The van der Waals surface area contributed by atoms with Crippen LogP contribution in [0.3, 0.4) is 0 Å². The molecule has 0 spiro atoms. The number of thioether (sulfide) groups is 1. The predicted molar refractivity (Wildman–Crippen MR) is 118 cm³/mol. The minimum atomic E-state index is -0.246. The molecule has 1 heterocycles. The Morgan fingerprint density at radius 2 is 1.75 bits per heavy atom. The molecule has 2 amide bonds. The van der Waals surface area contributed by atoms with Crippen molar-refractivity contribution in [2.45, 2.75) is 11.8 Å².